The molecule has 0 spiro atoms. The predicted molar refractivity (Wildman–Crippen MR) is 90.3 cm³/mol. The Balaban J connectivity index is 2.30. The van der Waals surface area contributed by atoms with Crippen LogP contribution in [0.1, 0.15) is 37.5 Å². The van der Waals surface area contributed by atoms with Crippen LogP contribution in [-0.4, -0.2) is 11.1 Å². The summed E-state index contributed by atoms with van der Waals surface area (Å²) in [4.78, 5) is 11.2. The highest BCUT2D eigenvalue weighted by atomic mass is 35.5. The van der Waals surface area contributed by atoms with Crippen molar-refractivity contribution in [2.75, 3.05) is 0 Å². The van der Waals surface area contributed by atoms with Crippen LogP contribution in [-0.2, 0) is 10.2 Å². The van der Waals surface area contributed by atoms with E-state index in [1.165, 1.54) is 11.6 Å². The number of rotatable bonds is 1. The number of halogens is 1. The Hall–Kier alpha value is -2.06. The first-order valence-corrected chi connectivity index (χ1v) is 7.55. The molecule has 0 amide bonds. The minimum atomic E-state index is -0.949. The van der Waals surface area contributed by atoms with Gasteiger partial charge in [-0.2, -0.15) is 0 Å². The first-order chi connectivity index (χ1) is 10.3. The molecule has 112 valence electrons. The van der Waals surface area contributed by atoms with Gasteiger partial charge in [0.1, 0.15) is 0 Å². The number of carboxylic acid groups (broad SMARTS) is 1. The normalized spacial score (nSPS) is 14.8. The second-order valence-electron chi connectivity index (χ2n) is 6.60. The summed E-state index contributed by atoms with van der Waals surface area (Å²) in [5.74, 6) is -0.949. The fourth-order valence-electron chi connectivity index (χ4n) is 2.87. The maximum atomic E-state index is 11.2. The zero-order valence-electron chi connectivity index (χ0n) is 12.8. The van der Waals surface area contributed by atoms with Crippen molar-refractivity contribution in [2.45, 2.75) is 26.2 Å². The molecular weight excluding hydrogens is 296 g/mol. The van der Waals surface area contributed by atoms with Gasteiger partial charge in [0.25, 0.3) is 0 Å². The van der Waals surface area contributed by atoms with Gasteiger partial charge in [-0.3, -0.25) is 0 Å². The number of hydrogen-bond acceptors (Lipinski definition) is 1. The van der Waals surface area contributed by atoms with Crippen molar-refractivity contribution < 1.29 is 9.90 Å². The smallest absolute Gasteiger partial charge is 0.328 e. The van der Waals surface area contributed by atoms with E-state index in [-0.39, 0.29) is 5.41 Å². The maximum absolute atomic E-state index is 11.2. The summed E-state index contributed by atoms with van der Waals surface area (Å²) >= 11 is 6.10. The Morgan fingerprint density at radius 2 is 1.59 bits per heavy atom. The molecule has 0 atom stereocenters. The molecule has 3 heteroatoms. The average molecular weight is 313 g/mol. The molecule has 22 heavy (non-hydrogen) atoms. The zero-order valence-corrected chi connectivity index (χ0v) is 13.5. The predicted octanol–water partition coefficient (Wildman–Crippen LogP) is 5.13. The summed E-state index contributed by atoms with van der Waals surface area (Å²) in [5, 5.41) is 9.82. The fourth-order valence-corrected chi connectivity index (χ4v) is 3.04. The van der Waals surface area contributed by atoms with Crippen LogP contribution in [0.2, 0.25) is 5.02 Å². The number of aliphatic carboxylic acids is 1. The summed E-state index contributed by atoms with van der Waals surface area (Å²) < 4.78 is 0. The van der Waals surface area contributed by atoms with E-state index in [0.29, 0.717) is 5.02 Å². The number of hydrogen-bond donors (Lipinski definition) is 1. The van der Waals surface area contributed by atoms with Crippen LogP contribution in [0.25, 0.3) is 16.7 Å². The molecular formula is C19H17ClO2. The lowest BCUT2D eigenvalue weighted by Crippen LogP contribution is -2.11. The molecule has 1 N–H and O–H groups in total. The molecule has 1 aliphatic rings. The van der Waals surface area contributed by atoms with Gasteiger partial charge in [0.05, 0.1) is 0 Å². The highest BCUT2D eigenvalue weighted by molar-refractivity contribution is 6.31. The Kier molecular flexibility index (Phi) is 3.37. The lowest BCUT2D eigenvalue weighted by molar-refractivity contribution is -0.131. The van der Waals surface area contributed by atoms with Gasteiger partial charge in [-0.25, -0.2) is 4.79 Å². The second kappa shape index (κ2) is 4.99. The van der Waals surface area contributed by atoms with Gasteiger partial charge in [-0.1, -0.05) is 50.6 Å². The third kappa shape index (κ3) is 2.44. The van der Waals surface area contributed by atoms with Crippen LogP contribution in [0.15, 0.2) is 42.5 Å². The Labute approximate surface area is 135 Å². The van der Waals surface area contributed by atoms with Gasteiger partial charge in [0, 0.05) is 11.1 Å². The molecule has 0 fully saturated rings. The van der Waals surface area contributed by atoms with E-state index >= 15 is 0 Å². The van der Waals surface area contributed by atoms with E-state index in [0.717, 1.165) is 27.8 Å². The SMILES string of the molecule is CC(C)(C)c1ccc2c(c1)/C(=C/C(=O)O)c1cc(Cl)ccc1-2. The van der Waals surface area contributed by atoms with E-state index in [9.17, 15) is 9.90 Å². The van der Waals surface area contributed by atoms with Crippen LogP contribution in [0.3, 0.4) is 0 Å². The third-order valence-corrected chi connectivity index (χ3v) is 4.24. The van der Waals surface area contributed by atoms with Gasteiger partial charge in [0.2, 0.25) is 0 Å². The Bertz CT molecular complexity index is 811. The highest BCUT2D eigenvalue weighted by Crippen LogP contribution is 2.46. The van der Waals surface area contributed by atoms with E-state index in [1.807, 2.05) is 18.2 Å². The summed E-state index contributed by atoms with van der Waals surface area (Å²) in [5.41, 5.74) is 5.87. The van der Waals surface area contributed by atoms with Crippen molar-refractivity contribution in [2.24, 2.45) is 0 Å². The standard InChI is InChI=1S/C19H17ClO2/c1-19(2,3)11-4-6-13-14-7-5-12(20)9-16(14)17(10-18(21)22)15(13)8-11/h4-10H,1-3H3,(H,21,22)/b17-10-. The quantitative estimate of drug-likeness (QED) is 0.632. The minimum Gasteiger partial charge on any atom is -0.478 e. The molecule has 0 unspecified atom stereocenters. The first-order valence-electron chi connectivity index (χ1n) is 7.17. The molecule has 2 aromatic carbocycles. The summed E-state index contributed by atoms with van der Waals surface area (Å²) in [6, 6.07) is 11.9. The van der Waals surface area contributed by atoms with Crippen LogP contribution < -0.4 is 0 Å². The lowest BCUT2D eigenvalue weighted by atomic mass is 9.85. The molecule has 0 aromatic heterocycles. The molecule has 2 aromatic rings. The largest absolute Gasteiger partial charge is 0.478 e. The van der Waals surface area contributed by atoms with Crippen molar-refractivity contribution in [3.05, 3.63) is 64.2 Å². The molecule has 2 nitrogen and oxygen atoms in total. The van der Waals surface area contributed by atoms with Gasteiger partial charge in [-0.05, 0) is 57.0 Å². The third-order valence-electron chi connectivity index (χ3n) is 4.01. The Morgan fingerprint density at radius 1 is 1.00 bits per heavy atom. The lowest BCUT2D eigenvalue weighted by Gasteiger charge is -2.20. The van der Waals surface area contributed by atoms with E-state index in [1.54, 1.807) is 0 Å². The van der Waals surface area contributed by atoms with Gasteiger partial charge < -0.3 is 5.11 Å². The molecule has 0 heterocycles. The molecule has 1 aliphatic carbocycles. The summed E-state index contributed by atoms with van der Waals surface area (Å²) in [6.45, 7) is 6.44. The molecule has 0 saturated carbocycles. The zero-order chi connectivity index (χ0) is 16.1. The van der Waals surface area contributed by atoms with Crippen molar-refractivity contribution in [1.29, 1.82) is 0 Å². The van der Waals surface area contributed by atoms with Crippen molar-refractivity contribution in [1.82, 2.24) is 0 Å². The molecule has 0 radical (unpaired) electrons. The molecule has 3 rings (SSSR count). The van der Waals surface area contributed by atoms with Crippen molar-refractivity contribution in [3.8, 4) is 11.1 Å². The van der Waals surface area contributed by atoms with Crippen LogP contribution in [0, 0.1) is 0 Å². The monoisotopic (exact) mass is 312 g/mol. The fraction of sp³-hybridized carbons (Fsp3) is 0.211. The van der Waals surface area contributed by atoms with E-state index in [4.69, 9.17) is 11.6 Å². The average Bonchev–Trinajstić information content (AvgIpc) is 2.71. The van der Waals surface area contributed by atoms with Crippen LogP contribution in [0.5, 0.6) is 0 Å². The summed E-state index contributed by atoms with van der Waals surface area (Å²) in [7, 11) is 0. The number of benzene rings is 2. The molecule has 0 aliphatic heterocycles. The number of carbonyl (C=O) groups is 1. The minimum absolute atomic E-state index is 0.00971. The van der Waals surface area contributed by atoms with Crippen LogP contribution >= 0.6 is 11.6 Å². The maximum Gasteiger partial charge on any atom is 0.328 e. The molecule has 0 saturated heterocycles. The van der Waals surface area contributed by atoms with Gasteiger partial charge in [0.15, 0.2) is 0 Å². The number of carboxylic acids is 1. The summed E-state index contributed by atoms with van der Waals surface area (Å²) in [6.07, 6.45) is 1.27. The number of fused-ring (bicyclic) bond motifs is 3. The first kappa shape index (κ1) is 14.9. The second-order valence-corrected chi connectivity index (χ2v) is 7.03. The van der Waals surface area contributed by atoms with Crippen molar-refractivity contribution in [3.63, 3.8) is 0 Å². The van der Waals surface area contributed by atoms with E-state index < -0.39 is 5.97 Å². The van der Waals surface area contributed by atoms with Crippen molar-refractivity contribution >= 4 is 23.1 Å². The van der Waals surface area contributed by atoms with Gasteiger partial charge >= 0.3 is 5.97 Å². The Morgan fingerprint density at radius 3 is 2.18 bits per heavy atom. The topological polar surface area (TPSA) is 37.3 Å². The molecule has 0 bridgehead atoms. The highest BCUT2D eigenvalue weighted by Gasteiger charge is 2.26. The van der Waals surface area contributed by atoms with Gasteiger partial charge in [-0.15, -0.1) is 0 Å². The van der Waals surface area contributed by atoms with Crippen LogP contribution in [0.4, 0.5) is 0 Å². The van der Waals surface area contributed by atoms with E-state index in [2.05, 4.69) is 39.0 Å².